The fourth-order valence-electron chi connectivity index (χ4n) is 2.63. The standard InChI is InChI=1S/C18H11F6NO3/c1-27-9-6-7-11-13(8-9)25-12-5-3-2-4-10(12)14(11)15(26)28-17(21,16(19)20)18(22,23)24/h2-8,16H,1H3. The second-order valence-electron chi connectivity index (χ2n) is 5.72. The molecule has 3 rings (SSSR count). The van der Waals surface area contributed by atoms with Crippen LogP contribution in [0.5, 0.6) is 5.75 Å². The summed E-state index contributed by atoms with van der Waals surface area (Å²) in [5.74, 6) is -7.01. The molecule has 0 saturated heterocycles. The first kappa shape index (κ1) is 19.7. The first-order valence-corrected chi connectivity index (χ1v) is 7.72. The van der Waals surface area contributed by atoms with Gasteiger partial charge >= 0.3 is 24.4 Å². The number of hydrogen-bond donors (Lipinski definition) is 0. The summed E-state index contributed by atoms with van der Waals surface area (Å²) in [4.78, 5) is 16.7. The van der Waals surface area contributed by atoms with Crippen LogP contribution in [0.3, 0.4) is 0 Å². The van der Waals surface area contributed by atoms with Crippen molar-refractivity contribution >= 4 is 27.8 Å². The molecule has 0 saturated carbocycles. The van der Waals surface area contributed by atoms with E-state index in [1.165, 1.54) is 43.5 Å². The molecule has 0 aliphatic heterocycles. The average Bonchev–Trinajstić information content (AvgIpc) is 2.64. The summed E-state index contributed by atoms with van der Waals surface area (Å²) >= 11 is 0. The Kier molecular flexibility index (Phi) is 4.82. The van der Waals surface area contributed by atoms with E-state index in [1.54, 1.807) is 6.07 Å². The van der Waals surface area contributed by atoms with Crippen LogP contribution in [0, 0.1) is 0 Å². The van der Waals surface area contributed by atoms with Crippen LogP contribution in [0.15, 0.2) is 42.5 Å². The van der Waals surface area contributed by atoms with Crippen molar-refractivity contribution in [2.24, 2.45) is 0 Å². The van der Waals surface area contributed by atoms with E-state index in [4.69, 9.17) is 4.74 Å². The van der Waals surface area contributed by atoms with Crippen LogP contribution < -0.4 is 4.74 Å². The number of fused-ring (bicyclic) bond motifs is 2. The van der Waals surface area contributed by atoms with Crippen molar-refractivity contribution in [3.8, 4) is 5.75 Å². The fourth-order valence-corrected chi connectivity index (χ4v) is 2.63. The maximum absolute atomic E-state index is 13.9. The number of alkyl halides is 6. The smallest absolute Gasteiger partial charge is 0.466 e. The van der Waals surface area contributed by atoms with Gasteiger partial charge in [-0.25, -0.2) is 18.6 Å². The second-order valence-corrected chi connectivity index (χ2v) is 5.72. The van der Waals surface area contributed by atoms with Gasteiger partial charge in [0, 0.05) is 16.8 Å². The van der Waals surface area contributed by atoms with Crippen molar-refractivity contribution in [3.05, 3.63) is 48.0 Å². The lowest BCUT2D eigenvalue weighted by Crippen LogP contribution is -2.51. The molecule has 3 aromatic rings. The molecule has 1 heterocycles. The van der Waals surface area contributed by atoms with Crippen molar-refractivity contribution < 1.29 is 40.6 Å². The number of methoxy groups -OCH3 is 1. The highest BCUT2D eigenvalue weighted by Crippen LogP contribution is 2.41. The first-order valence-electron chi connectivity index (χ1n) is 7.72. The van der Waals surface area contributed by atoms with Crippen molar-refractivity contribution in [2.75, 3.05) is 7.11 Å². The van der Waals surface area contributed by atoms with E-state index < -0.39 is 30.0 Å². The summed E-state index contributed by atoms with van der Waals surface area (Å²) in [6, 6.07) is 9.84. The largest absolute Gasteiger partial charge is 0.497 e. The van der Waals surface area contributed by atoms with E-state index in [9.17, 15) is 31.1 Å². The molecule has 1 aromatic heterocycles. The number of halogens is 6. The topological polar surface area (TPSA) is 48.4 Å². The van der Waals surface area contributed by atoms with Crippen LogP contribution in [0.25, 0.3) is 21.8 Å². The predicted molar refractivity (Wildman–Crippen MR) is 87.1 cm³/mol. The Bertz CT molecular complexity index is 1050. The van der Waals surface area contributed by atoms with Crippen LogP contribution in [0.4, 0.5) is 26.3 Å². The molecule has 0 spiro atoms. The highest BCUT2D eigenvalue weighted by Gasteiger charge is 2.67. The van der Waals surface area contributed by atoms with Crippen molar-refractivity contribution in [1.29, 1.82) is 0 Å². The van der Waals surface area contributed by atoms with Crippen molar-refractivity contribution in [1.82, 2.24) is 4.98 Å². The summed E-state index contributed by atoms with van der Waals surface area (Å²) in [6.45, 7) is 0. The Morgan fingerprint density at radius 3 is 2.25 bits per heavy atom. The lowest BCUT2D eigenvalue weighted by atomic mass is 10.0. The monoisotopic (exact) mass is 403 g/mol. The van der Waals surface area contributed by atoms with E-state index in [2.05, 4.69) is 9.72 Å². The number of ether oxygens (including phenoxy) is 2. The third-order valence-corrected chi connectivity index (χ3v) is 4.00. The summed E-state index contributed by atoms with van der Waals surface area (Å²) in [7, 11) is 1.36. The molecule has 0 fully saturated rings. The zero-order chi connectivity index (χ0) is 20.7. The lowest BCUT2D eigenvalue weighted by molar-refractivity contribution is -0.349. The van der Waals surface area contributed by atoms with Gasteiger partial charge in [0.15, 0.2) is 0 Å². The Morgan fingerprint density at radius 1 is 1.00 bits per heavy atom. The van der Waals surface area contributed by atoms with Crippen LogP contribution in [-0.4, -0.2) is 36.5 Å². The third kappa shape index (κ3) is 3.19. The minimum Gasteiger partial charge on any atom is -0.497 e. The van der Waals surface area contributed by atoms with Gasteiger partial charge in [-0.1, -0.05) is 18.2 Å². The van der Waals surface area contributed by atoms with Gasteiger partial charge in [-0.2, -0.15) is 17.6 Å². The zero-order valence-corrected chi connectivity index (χ0v) is 14.1. The van der Waals surface area contributed by atoms with Gasteiger partial charge in [-0.15, -0.1) is 0 Å². The Balaban J connectivity index is 2.23. The zero-order valence-electron chi connectivity index (χ0n) is 14.1. The molecule has 4 nitrogen and oxygen atoms in total. The molecule has 0 aliphatic carbocycles. The van der Waals surface area contributed by atoms with Gasteiger partial charge in [-0.3, -0.25) is 0 Å². The fraction of sp³-hybridized carbons (Fsp3) is 0.222. The van der Waals surface area contributed by atoms with E-state index in [1.807, 2.05) is 0 Å². The molecule has 0 bridgehead atoms. The average molecular weight is 403 g/mol. The molecular weight excluding hydrogens is 392 g/mol. The summed E-state index contributed by atoms with van der Waals surface area (Å²) in [6.07, 6.45) is -10.8. The Morgan fingerprint density at radius 2 is 1.64 bits per heavy atom. The van der Waals surface area contributed by atoms with E-state index in [0.717, 1.165) is 0 Å². The second kappa shape index (κ2) is 6.84. The van der Waals surface area contributed by atoms with E-state index in [-0.39, 0.29) is 21.8 Å². The van der Waals surface area contributed by atoms with E-state index >= 15 is 0 Å². The molecule has 2 aromatic carbocycles. The Labute approximate surface area is 153 Å². The number of esters is 1. The van der Waals surface area contributed by atoms with Gasteiger partial charge < -0.3 is 9.47 Å². The van der Waals surface area contributed by atoms with Crippen LogP contribution >= 0.6 is 0 Å². The molecule has 0 aliphatic rings. The molecule has 0 amide bonds. The van der Waals surface area contributed by atoms with Gasteiger partial charge in [0.2, 0.25) is 0 Å². The lowest BCUT2D eigenvalue weighted by Gasteiger charge is -2.26. The Hall–Kier alpha value is -3.04. The molecule has 1 unspecified atom stereocenters. The normalized spacial score (nSPS) is 14.3. The van der Waals surface area contributed by atoms with Crippen LogP contribution in [0.2, 0.25) is 0 Å². The molecule has 0 radical (unpaired) electrons. The van der Waals surface area contributed by atoms with Crippen LogP contribution in [0.1, 0.15) is 10.4 Å². The van der Waals surface area contributed by atoms with Gasteiger partial charge in [0.1, 0.15) is 5.75 Å². The molecule has 28 heavy (non-hydrogen) atoms. The summed E-state index contributed by atoms with van der Waals surface area (Å²) in [5.41, 5.74) is -0.225. The molecule has 1 atom stereocenters. The number of nitrogens with zero attached hydrogens (tertiary/aromatic N) is 1. The minimum atomic E-state index is -6.13. The maximum atomic E-state index is 13.9. The predicted octanol–water partition coefficient (Wildman–Crippen LogP) is 5.05. The van der Waals surface area contributed by atoms with Crippen LogP contribution in [-0.2, 0) is 4.74 Å². The summed E-state index contributed by atoms with van der Waals surface area (Å²) in [5, 5.41) is 0.00671. The number of rotatable bonds is 4. The number of hydrogen-bond acceptors (Lipinski definition) is 4. The maximum Gasteiger partial charge on any atom is 0.466 e. The molecule has 148 valence electrons. The van der Waals surface area contributed by atoms with E-state index in [0.29, 0.717) is 5.75 Å². The van der Waals surface area contributed by atoms with Gasteiger partial charge in [-0.05, 0) is 18.2 Å². The molecular formula is C18H11F6NO3. The molecule has 10 heteroatoms. The highest BCUT2D eigenvalue weighted by atomic mass is 19.4. The number of para-hydroxylation sites is 1. The van der Waals surface area contributed by atoms with Gasteiger partial charge in [0.05, 0.1) is 23.7 Å². The van der Waals surface area contributed by atoms with Crippen molar-refractivity contribution in [3.63, 3.8) is 0 Å². The quantitative estimate of drug-likeness (QED) is 0.348. The third-order valence-electron chi connectivity index (χ3n) is 4.00. The minimum absolute atomic E-state index is 0.0108. The number of carbonyl (C=O) groups excluding carboxylic acids is 1. The first-order chi connectivity index (χ1) is 13.1. The summed E-state index contributed by atoms with van der Waals surface area (Å²) < 4.78 is 86.6. The number of aromatic nitrogens is 1. The SMILES string of the molecule is COc1ccc2c(C(=O)OC(F)(C(F)F)C(F)(F)F)c3ccccc3nc2c1. The number of carbonyl (C=O) groups is 1. The highest BCUT2D eigenvalue weighted by molar-refractivity contribution is 6.14. The van der Waals surface area contributed by atoms with Crippen molar-refractivity contribution in [2.45, 2.75) is 18.5 Å². The number of pyridine rings is 1. The molecule has 0 N–H and O–H groups in total. The number of benzene rings is 2. The van der Waals surface area contributed by atoms with Gasteiger partial charge in [0.25, 0.3) is 0 Å².